The fourth-order valence-corrected chi connectivity index (χ4v) is 6.67. The Morgan fingerprint density at radius 3 is 0.818 bits per heavy atom. The molecule has 0 fully saturated rings. The predicted octanol–water partition coefficient (Wildman–Crippen LogP) is 12.9. The number of carbonyl (C=O) groups excluding carboxylic acids is 1. The van der Waals surface area contributed by atoms with Gasteiger partial charge in [0.25, 0.3) is 0 Å². The molecule has 0 aliphatic carbocycles. The number of nitrogens with zero attached hydrogens (tertiary/aromatic N) is 2. The van der Waals surface area contributed by atoms with E-state index in [1.807, 2.05) is 0 Å². The summed E-state index contributed by atoms with van der Waals surface area (Å²) in [6, 6.07) is 0. The summed E-state index contributed by atoms with van der Waals surface area (Å²) in [6.45, 7) is 15.1. The van der Waals surface area contributed by atoms with E-state index in [4.69, 9.17) is 0 Å². The predicted molar refractivity (Wildman–Crippen MR) is 199 cm³/mol. The molecule has 0 atom stereocenters. The fourth-order valence-electron chi connectivity index (χ4n) is 6.67. The van der Waals surface area contributed by atoms with Gasteiger partial charge < -0.3 is 4.90 Å². The molecule has 0 N–H and O–H groups in total. The summed E-state index contributed by atoms with van der Waals surface area (Å²) in [5, 5.41) is 0. The Labute approximate surface area is 279 Å². The molecule has 0 saturated heterocycles. The molecular weight excluding hydrogens is 536 g/mol. The summed E-state index contributed by atoms with van der Waals surface area (Å²) < 4.78 is 0. The van der Waals surface area contributed by atoms with Gasteiger partial charge in [-0.15, -0.1) is 0 Å². The molecule has 0 heterocycles. The number of hydrogen-bond donors (Lipinski definition) is 0. The Bertz CT molecular complexity index is 527. The monoisotopic (exact) mass is 621 g/mol. The summed E-state index contributed by atoms with van der Waals surface area (Å²) in [4.78, 5) is 17.3. The van der Waals surface area contributed by atoms with E-state index in [1.54, 1.807) is 6.92 Å². The topological polar surface area (TPSA) is 23.6 Å². The van der Waals surface area contributed by atoms with Crippen LogP contribution in [0, 0.1) is 0 Å². The maximum Gasteiger partial charge on any atom is 0.143 e. The third-order valence-electron chi connectivity index (χ3n) is 9.66. The molecule has 0 aliphatic rings. The first-order valence-electron chi connectivity index (χ1n) is 20.6. The zero-order chi connectivity index (χ0) is 32.2. The molecule has 3 nitrogen and oxygen atoms in total. The number of ketones is 1. The summed E-state index contributed by atoms with van der Waals surface area (Å²) >= 11 is 0. The summed E-state index contributed by atoms with van der Waals surface area (Å²) in [6.07, 6.45) is 41.9. The minimum absolute atomic E-state index is 0.327. The zero-order valence-corrected chi connectivity index (χ0v) is 31.3. The average molecular weight is 621 g/mol. The Morgan fingerprint density at radius 1 is 0.318 bits per heavy atom. The van der Waals surface area contributed by atoms with E-state index in [2.05, 4.69) is 30.6 Å². The molecule has 0 rings (SSSR count). The quantitative estimate of drug-likeness (QED) is 0.0641. The molecule has 0 aromatic rings. The Kier molecular flexibility index (Phi) is 36.7. The molecule has 0 aromatic heterocycles. The van der Waals surface area contributed by atoms with Crippen molar-refractivity contribution in [1.82, 2.24) is 9.80 Å². The van der Waals surface area contributed by atoms with Gasteiger partial charge in [0, 0.05) is 13.1 Å². The number of carbonyl (C=O) groups is 1. The van der Waals surface area contributed by atoms with Crippen LogP contribution in [0.5, 0.6) is 0 Å². The van der Waals surface area contributed by atoms with Crippen LogP contribution in [0.3, 0.4) is 0 Å². The van der Waals surface area contributed by atoms with Gasteiger partial charge in [0.1, 0.15) is 5.78 Å². The van der Waals surface area contributed by atoms with Crippen LogP contribution in [0.15, 0.2) is 0 Å². The number of Topliss-reactive ketones (excluding diaryl/α,β-unsaturated/α-hetero) is 1. The average Bonchev–Trinajstić information content (AvgIpc) is 3.01. The van der Waals surface area contributed by atoms with Crippen LogP contribution in [-0.2, 0) is 4.79 Å². The van der Waals surface area contributed by atoms with Crippen LogP contribution in [0.4, 0.5) is 0 Å². The van der Waals surface area contributed by atoms with E-state index in [-0.39, 0.29) is 0 Å². The van der Waals surface area contributed by atoms with Crippen LogP contribution >= 0.6 is 0 Å². The highest BCUT2D eigenvalue weighted by molar-refractivity contribution is 5.77. The van der Waals surface area contributed by atoms with Crippen molar-refractivity contribution in [3.63, 3.8) is 0 Å². The molecule has 0 saturated carbocycles. The van der Waals surface area contributed by atoms with Crippen molar-refractivity contribution in [2.24, 2.45) is 0 Å². The molecule has 0 amide bonds. The van der Waals surface area contributed by atoms with E-state index in [9.17, 15) is 4.79 Å². The van der Waals surface area contributed by atoms with Gasteiger partial charge in [-0.2, -0.15) is 0 Å². The van der Waals surface area contributed by atoms with Gasteiger partial charge in [0.15, 0.2) is 0 Å². The Balaban J connectivity index is 4.38. The zero-order valence-electron chi connectivity index (χ0n) is 31.3. The van der Waals surface area contributed by atoms with E-state index in [0.717, 1.165) is 19.6 Å². The second-order valence-corrected chi connectivity index (χ2v) is 14.4. The first-order valence-corrected chi connectivity index (χ1v) is 20.6. The molecule has 0 unspecified atom stereocenters. The van der Waals surface area contributed by atoms with Crippen molar-refractivity contribution in [3.8, 4) is 0 Å². The fraction of sp³-hybridized carbons (Fsp3) is 0.976. The van der Waals surface area contributed by atoms with Crippen molar-refractivity contribution in [2.75, 3.05) is 39.3 Å². The van der Waals surface area contributed by atoms with E-state index in [0.29, 0.717) is 12.3 Å². The molecular formula is C41H84N2O. The summed E-state index contributed by atoms with van der Waals surface area (Å²) in [5.74, 6) is 0.327. The van der Waals surface area contributed by atoms with Crippen molar-refractivity contribution < 1.29 is 4.79 Å². The number of rotatable bonds is 38. The number of hydrogen-bond acceptors (Lipinski definition) is 3. The van der Waals surface area contributed by atoms with E-state index in [1.165, 1.54) is 206 Å². The maximum atomic E-state index is 12.1. The Morgan fingerprint density at radius 2 is 0.545 bits per heavy atom. The maximum absolute atomic E-state index is 12.1. The van der Waals surface area contributed by atoms with Crippen molar-refractivity contribution in [2.45, 2.75) is 220 Å². The van der Waals surface area contributed by atoms with Crippen molar-refractivity contribution >= 4 is 5.78 Å². The third kappa shape index (κ3) is 34.5. The lowest BCUT2D eigenvalue weighted by Crippen LogP contribution is -2.38. The number of unbranched alkanes of at least 4 members (excludes halogenated alkanes) is 27. The van der Waals surface area contributed by atoms with Gasteiger partial charge in [-0.3, -0.25) is 9.69 Å². The normalized spacial score (nSPS) is 11.8. The standard InChI is InChI=1S/C41H84N2O/c1-5-8-11-14-17-20-23-26-29-32-35-42(36-33-30-27-24-21-18-15-12-9-6-2)38-39-43(40-41(4)44)37-34-31-28-25-22-19-16-13-10-7-3/h5-40H2,1-4H3. The van der Waals surface area contributed by atoms with Crippen LogP contribution in [-0.4, -0.2) is 54.9 Å². The second-order valence-electron chi connectivity index (χ2n) is 14.4. The highest BCUT2D eigenvalue weighted by Gasteiger charge is 2.11. The van der Waals surface area contributed by atoms with Gasteiger partial charge in [0.05, 0.1) is 6.54 Å². The first kappa shape index (κ1) is 43.6. The van der Waals surface area contributed by atoms with Gasteiger partial charge in [-0.05, 0) is 45.8 Å². The van der Waals surface area contributed by atoms with Gasteiger partial charge in [0.2, 0.25) is 0 Å². The van der Waals surface area contributed by atoms with E-state index >= 15 is 0 Å². The smallest absolute Gasteiger partial charge is 0.143 e. The van der Waals surface area contributed by atoms with Crippen molar-refractivity contribution in [3.05, 3.63) is 0 Å². The van der Waals surface area contributed by atoms with E-state index < -0.39 is 0 Å². The van der Waals surface area contributed by atoms with Crippen LogP contribution in [0.1, 0.15) is 220 Å². The van der Waals surface area contributed by atoms with Crippen LogP contribution in [0.25, 0.3) is 0 Å². The first-order chi connectivity index (χ1) is 21.6. The SMILES string of the molecule is CCCCCCCCCCCCN(CCCCCCCCCCCC)CCN(CCCCCCCCCCCC)CC(C)=O. The van der Waals surface area contributed by atoms with Gasteiger partial charge in [-0.1, -0.05) is 194 Å². The lowest BCUT2D eigenvalue weighted by atomic mass is 10.1. The molecule has 0 spiro atoms. The molecule has 0 bridgehead atoms. The molecule has 0 aliphatic heterocycles. The molecule has 0 radical (unpaired) electrons. The summed E-state index contributed by atoms with van der Waals surface area (Å²) in [5.41, 5.74) is 0. The van der Waals surface area contributed by atoms with Crippen LogP contribution in [0.2, 0.25) is 0 Å². The minimum atomic E-state index is 0.327. The molecule has 264 valence electrons. The lowest BCUT2D eigenvalue weighted by molar-refractivity contribution is -0.118. The highest BCUT2D eigenvalue weighted by atomic mass is 16.1. The molecule has 44 heavy (non-hydrogen) atoms. The third-order valence-corrected chi connectivity index (χ3v) is 9.66. The van der Waals surface area contributed by atoms with Crippen molar-refractivity contribution in [1.29, 1.82) is 0 Å². The Hall–Kier alpha value is -0.410. The highest BCUT2D eigenvalue weighted by Crippen LogP contribution is 2.14. The lowest BCUT2D eigenvalue weighted by Gasteiger charge is -2.27. The summed E-state index contributed by atoms with van der Waals surface area (Å²) in [7, 11) is 0. The molecule has 3 heteroatoms. The molecule has 0 aromatic carbocycles. The van der Waals surface area contributed by atoms with Crippen LogP contribution < -0.4 is 0 Å². The second kappa shape index (κ2) is 37.1. The van der Waals surface area contributed by atoms with Gasteiger partial charge in [-0.25, -0.2) is 0 Å². The minimum Gasteiger partial charge on any atom is -0.302 e. The largest absolute Gasteiger partial charge is 0.302 e. The van der Waals surface area contributed by atoms with Gasteiger partial charge >= 0.3 is 0 Å².